The Kier molecular flexibility index (Phi) is 3.00. The Labute approximate surface area is 128 Å². The van der Waals surface area contributed by atoms with Gasteiger partial charge in [0.1, 0.15) is 5.82 Å². The third-order valence-electron chi connectivity index (χ3n) is 4.59. The summed E-state index contributed by atoms with van der Waals surface area (Å²) in [5.41, 5.74) is 2.89. The summed E-state index contributed by atoms with van der Waals surface area (Å²) >= 11 is 6.34. The Morgan fingerprint density at radius 1 is 1.05 bits per heavy atom. The lowest BCUT2D eigenvalue weighted by atomic mass is 9.77. The van der Waals surface area contributed by atoms with Crippen LogP contribution in [0.25, 0.3) is 0 Å². The Hall–Kier alpha value is -1.80. The third-order valence-corrected chi connectivity index (χ3v) is 4.90. The number of nitrogens with one attached hydrogen (secondary N) is 1. The van der Waals surface area contributed by atoms with Crippen LogP contribution in [-0.4, -0.2) is 0 Å². The van der Waals surface area contributed by atoms with E-state index in [4.69, 9.17) is 11.6 Å². The zero-order chi connectivity index (χ0) is 14.4. The quantitative estimate of drug-likeness (QED) is 0.704. The Morgan fingerprint density at radius 2 is 1.86 bits per heavy atom. The fourth-order valence-corrected chi connectivity index (χ4v) is 3.85. The van der Waals surface area contributed by atoms with Gasteiger partial charge in [0.25, 0.3) is 0 Å². The number of halogens is 2. The molecule has 2 aromatic rings. The van der Waals surface area contributed by atoms with Crippen molar-refractivity contribution >= 4 is 17.3 Å². The van der Waals surface area contributed by atoms with Crippen molar-refractivity contribution in [1.82, 2.24) is 0 Å². The molecule has 3 heteroatoms. The molecule has 0 amide bonds. The molecule has 1 aliphatic carbocycles. The molecule has 2 aliphatic rings. The minimum atomic E-state index is -0.156. The van der Waals surface area contributed by atoms with E-state index in [0.717, 1.165) is 17.7 Å². The lowest BCUT2D eigenvalue weighted by Gasteiger charge is -2.38. The summed E-state index contributed by atoms with van der Waals surface area (Å²) in [6.07, 6.45) is 5.39. The number of rotatable bonds is 1. The lowest BCUT2D eigenvalue weighted by Crippen LogP contribution is -2.29. The molecule has 2 aromatic carbocycles. The molecule has 1 nitrogen and oxygen atoms in total. The molecule has 0 aromatic heterocycles. The molecule has 106 valence electrons. The highest BCUT2D eigenvalue weighted by Gasteiger charge is 2.39. The molecule has 1 N–H and O–H groups in total. The van der Waals surface area contributed by atoms with E-state index in [9.17, 15) is 4.39 Å². The van der Waals surface area contributed by atoms with E-state index in [1.165, 1.54) is 11.6 Å². The molecule has 0 unspecified atom stereocenters. The summed E-state index contributed by atoms with van der Waals surface area (Å²) in [5, 5.41) is 4.18. The summed E-state index contributed by atoms with van der Waals surface area (Å²) in [7, 11) is 0. The molecule has 0 bridgehead atoms. The molecule has 0 saturated carbocycles. The van der Waals surface area contributed by atoms with Gasteiger partial charge in [-0.25, -0.2) is 4.39 Å². The molecule has 0 radical (unpaired) electrons. The second-order valence-electron chi connectivity index (χ2n) is 5.70. The summed E-state index contributed by atoms with van der Waals surface area (Å²) < 4.78 is 14.2. The van der Waals surface area contributed by atoms with E-state index < -0.39 is 0 Å². The lowest BCUT2D eigenvalue weighted by molar-refractivity contribution is 0.413. The smallest absolute Gasteiger partial charge is 0.128 e. The number of anilines is 1. The van der Waals surface area contributed by atoms with Crippen LogP contribution in [0.1, 0.15) is 29.5 Å². The van der Waals surface area contributed by atoms with Crippen molar-refractivity contribution in [1.29, 1.82) is 0 Å². The van der Waals surface area contributed by atoms with Gasteiger partial charge in [-0.05, 0) is 30.0 Å². The van der Waals surface area contributed by atoms with E-state index in [2.05, 4.69) is 23.5 Å². The number of para-hydroxylation sites is 1. The monoisotopic (exact) mass is 299 g/mol. The molecule has 0 spiro atoms. The first kappa shape index (κ1) is 12.9. The summed E-state index contributed by atoms with van der Waals surface area (Å²) in [6.45, 7) is 0. The van der Waals surface area contributed by atoms with Gasteiger partial charge >= 0.3 is 0 Å². The van der Waals surface area contributed by atoms with E-state index in [1.54, 1.807) is 6.07 Å². The van der Waals surface area contributed by atoms with Crippen LogP contribution < -0.4 is 5.32 Å². The van der Waals surface area contributed by atoms with Crippen molar-refractivity contribution in [3.05, 3.63) is 76.6 Å². The number of fused-ring (bicyclic) bond motifs is 3. The zero-order valence-electron chi connectivity index (χ0n) is 11.4. The van der Waals surface area contributed by atoms with E-state index in [-0.39, 0.29) is 11.9 Å². The van der Waals surface area contributed by atoms with E-state index >= 15 is 0 Å². The number of hydrogen-bond acceptors (Lipinski definition) is 1. The van der Waals surface area contributed by atoms with Crippen LogP contribution >= 0.6 is 11.6 Å². The summed E-state index contributed by atoms with van der Waals surface area (Å²) in [6, 6.07) is 12.9. The van der Waals surface area contributed by atoms with Crippen molar-refractivity contribution < 1.29 is 4.39 Å². The van der Waals surface area contributed by atoms with Gasteiger partial charge in [-0.3, -0.25) is 0 Å². The first-order valence-corrected chi connectivity index (χ1v) is 7.59. The van der Waals surface area contributed by atoms with Crippen LogP contribution in [0.3, 0.4) is 0 Å². The van der Waals surface area contributed by atoms with Gasteiger partial charge in [0.05, 0.1) is 16.8 Å². The molecule has 4 rings (SSSR count). The van der Waals surface area contributed by atoms with Crippen molar-refractivity contribution in [2.45, 2.75) is 18.4 Å². The molecule has 1 aliphatic heterocycles. The topological polar surface area (TPSA) is 12.0 Å². The first-order valence-electron chi connectivity index (χ1n) is 7.22. The molecule has 0 fully saturated rings. The molecular weight excluding hydrogens is 285 g/mol. The van der Waals surface area contributed by atoms with Gasteiger partial charge in [0, 0.05) is 11.5 Å². The average Bonchev–Trinajstić information content (AvgIpc) is 2.97. The van der Waals surface area contributed by atoms with Crippen LogP contribution in [-0.2, 0) is 0 Å². The minimum absolute atomic E-state index is 0.0430. The number of benzene rings is 2. The SMILES string of the molecule is Fc1ccccc1[C@@H]1Nc2c(Cl)cccc2[C@H]2C=CC[C@H]21. The zero-order valence-corrected chi connectivity index (χ0v) is 12.1. The van der Waals surface area contributed by atoms with Crippen LogP contribution in [0.4, 0.5) is 10.1 Å². The predicted octanol–water partition coefficient (Wildman–Crippen LogP) is 5.31. The highest BCUT2D eigenvalue weighted by Crippen LogP contribution is 2.51. The molecule has 0 saturated heterocycles. The predicted molar refractivity (Wildman–Crippen MR) is 84.2 cm³/mol. The normalized spacial score (nSPS) is 26.1. The van der Waals surface area contributed by atoms with Crippen LogP contribution in [0, 0.1) is 11.7 Å². The maximum atomic E-state index is 14.2. The van der Waals surface area contributed by atoms with Gasteiger partial charge in [-0.15, -0.1) is 0 Å². The third kappa shape index (κ3) is 1.97. The minimum Gasteiger partial charge on any atom is -0.376 e. The van der Waals surface area contributed by atoms with Gasteiger partial charge in [0.15, 0.2) is 0 Å². The summed E-state index contributed by atoms with van der Waals surface area (Å²) in [5.74, 6) is 0.494. The van der Waals surface area contributed by atoms with Gasteiger partial charge in [0.2, 0.25) is 0 Å². The molecule has 21 heavy (non-hydrogen) atoms. The maximum Gasteiger partial charge on any atom is 0.128 e. The van der Waals surface area contributed by atoms with Gasteiger partial charge in [-0.2, -0.15) is 0 Å². The van der Waals surface area contributed by atoms with Crippen molar-refractivity contribution in [3.63, 3.8) is 0 Å². The van der Waals surface area contributed by atoms with Crippen LogP contribution in [0.5, 0.6) is 0 Å². The van der Waals surface area contributed by atoms with Gasteiger partial charge < -0.3 is 5.32 Å². The Morgan fingerprint density at radius 3 is 2.71 bits per heavy atom. The first-order chi connectivity index (χ1) is 10.3. The molecule has 1 heterocycles. The molecular formula is C18H15ClFN. The van der Waals surface area contributed by atoms with Gasteiger partial charge in [-0.1, -0.05) is 54.1 Å². The van der Waals surface area contributed by atoms with Crippen molar-refractivity contribution in [2.24, 2.45) is 5.92 Å². The average molecular weight is 300 g/mol. The number of hydrogen-bond donors (Lipinski definition) is 1. The van der Waals surface area contributed by atoms with Crippen LogP contribution in [0.2, 0.25) is 5.02 Å². The second kappa shape index (κ2) is 4.88. The fraction of sp³-hybridized carbons (Fsp3) is 0.222. The Balaban J connectivity index is 1.85. The van der Waals surface area contributed by atoms with Crippen molar-refractivity contribution in [3.8, 4) is 0 Å². The number of allylic oxidation sites excluding steroid dienone is 2. The molecule has 3 atom stereocenters. The largest absolute Gasteiger partial charge is 0.376 e. The highest BCUT2D eigenvalue weighted by molar-refractivity contribution is 6.33. The fourth-order valence-electron chi connectivity index (χ4n) is 3.62. The standard InChI is InChI=1S/C18H15ClFN/c19-15-9-4-8-13-11-6-3-7-12(11)17(21-18(13)15)14-5-1-2-10-16(14)20/h1-6,8-12,17,21H,7H2/t11-,12+,17+/m0/s1. The highest BCUT2D eigenvalue weighted by atomic mass is 35.5. The second-order valence-corrected chi connectivity index (χ2v) is 6.11. The Bertz CT molecular complexity index is 725. The summed E-state index contributed by atoms with van der Waals surface area (Å²) in [4.78, 5) is 0. The van der Waals surface area contributed by atoms with Crippen LogP contribution in [0.15, 0.2) is 54.6 Å². The van der Waals surface area contributed by atoms with E-state index in [1.807, 2.05) is 24.3 Å². The maximum absolute atomic E-state index is 14.2. The van der Waals surface area contributed by atoms with Crippen molar-refractivity contribution in [2.75, 3.05) is 5.32 Å². The van der Waals surface area contributed by atoms with E-state index in [0.29, 0.717) is 16.9 Å².